The number of anilines is 2. The first-order valence-electron chi connectivity index (χ1n) is 14.7. The van der Waals surface area contributed by atoms with E-state index in [1.54, 1.807) is 61.5 Å². The highest BCUT2D eigenvalue weighted by Gasteiger charge is 2.68. The van der Waals surface area contributed by atoms with Gasteiger partial charge in [-0.15, -0.1) is 0 Å². The Hall–Kier alpha value is -4.92. The molecule has 3 aromatic rings. The van der Waals surface area contributed by atoms with Gasteiger partial charge in [-0.2, -0.15) is 0 Å². The van der Waals surface area contributed by atoms with E-state index >= 15 is 0 Å². The molecule has 2 aliphatic carbocycles. The van der Waals surface area contributed by atoms with Crippen LogP contribution in [0.4, 0.5) is 11.4 Å². The summed E-state index contributed by atoms with van der Waals surface area (Å²) < 4.78 is 11.1. The van der Waals surface area contributed by atoms with Crippen molar-refractivity contribution in [3.05, 3.63) is 90.0 Å². The zero-order valence-electron chi connectivity index (χ0n) is 24.6. The molecule has 4 amide bonds. The number of phenolic OH excluding ortho intramolecular Hbond substituents is 1. The summed E-state index contributed by atoms with van der Waals surface area (Å²) in [6.07, 6.45) is 2.46. The summed E-state index contributed by atoms with van der Waals surface area (Å²) in [7, 11) is 2.95. The normalized spacial score (nSPS) is 29.2. The molecule has 1 saturated carbocycles. The maximum Gasteiger partial charge on any atom is 0.241 e. The fraction of sp³-hybridized carbons (Fsp3) is 0.314. The molecule has 2 saturated heterocycles. The molecule has 0 aromatic heterocycles. The SMILES string of the molecule is COc1cc(O)c([C@H]2C3=CC[C@@H]4C(=O)N(c5ccccc5)C(=O)[C@@H]4[C@@H]3C[C@H]3C(=O)N(c4ccccc4)C(=O)[C@@]23C)c(OC)c1. The minimum Gasteiger partial charge on any atom is -0.507 e. The van der Waals surface area contributed by atoms with Crippen molar-refractivity contribution in [2.45, 2.75) is 25.7 Å². The number of carbonyl (C=O) groups is 4. The third kappa shape index (κ3) is 3.71. The molecule has 3 aromatic carbocycles. The Labute approximate surface area is 254 Å². The van der Waals surface area contributed by atoms with Crippen molar-refractivity contribution in [1.82, 2.24) is 0 Å². The lowest BCUT2D eigenvalue weighted by atomic mass is 9.51. The minimum atomic E-state index is -1.31. The number of nitrogens with zero attached hydrogens (tertiary/aromatic N) is 2. The topological polar surface area (TPSA) is 113 Å². The molecule has 9 heteroatoms. The number of fused-ring (bicyclic) bond motifs is 4. The summed E-state index contributed by atoms with van der Waals surface area (Å²) in [5.74, 6) is -4.26. The molecule has 2 heterocycles. The number of ether oxygens (including phenoxy) is 2. The number of phenols is 1. The van der Waals surface area contributed by atoms with Crippen LogP contribution in [-0.4, -0.2) is 43.0 Å². The molecule has 4 aliphatic rings. The molecular formula is C35H32N2O7. The highest BCUT2D eigenvalue weighted by Crippen LogP contribution is 2.65. The lowest BCUT2D eigenvalue weighted by molar-refractivity contribution is -0.131. The van der Waals surface area contributed by atoms with Crippen LogP contribution < -0.4 is 19.3 Å². The number of aromatic hydroxyl groups is 1. The molecule has 2 aliphatic heterocycles. The lowest BCUT2D eigenvalue weighted by Gasteiger charge is -2.49. The van der Waals surface area contributed by atoms with Gasteiger partial charge in [0, 0.05) is 23.6 Å². The number of amides is 4. The largest absolute Gasteiger partial charge is 0.507 e. The predicted octanol–water partition coefficient (Wildman–Crippen LogP) is 4.84. The van der Waals surface area contributed by atoms with E-state index in [0.717, 1.165) is 5.57 Å². The van der Waals surface area contributed by atoms with E-state index in [0.29, 0.717) is 34.9 Å². The summed E-state index contributed by atoms with van der Waals surface area (Å²) >= 11 is 0. The van der Waals surface area contributed by atoms with Gasteiger partial charge in [0.2, 0.25) is 23.6 Å². The smallest absolute Gasteiger partial charge is 0.241 e. The van der Waals surface area contributed by atoms with E-state index in [2.05, 4.69) is 0 Å². The number of rotatable bonds is 5. The second-order valence-corrected chi connectivity index (χ2v) is 12.1. The lowest BCUT2D eigenvalue weighted by Crippen LogP contribution is -2.49. The number of allylic oxidation sites excluding steroid dienone is 2. The van der Waals surface area contributed by atoms with Crippen molar-refractivity contribution in [3.8, 4) is 17.2 Å². The van der Waals surface area contributed by atoms with Gasteiger partial charge in [0.25, 0.3) is 0 Å². The first-order valence-corrected chi connectivity index (χ1v) is 14.7. The Balaban J connectivity index is 1.42. The summed E-state index contributed by atoms with van der Waals surface area (Å²) in [4.78, 5) is 59.2. The van der Waals surface area contributed by atoms with Crippen LogP contribution in [0.5, 0.6) is 17.2 Å². The van der Waals surface area contributed by atoms with Gasteiger partial charge in [-0.1, -0.05) is 48.0 Å². The van der Waals surface area contributed by atoms with Gasteiger partial charge < -0.3 is 14.6 Å². The first kappa shape index (κ1) is 27.9. The van der Waals surface area contributed by atoms with Crippen molar-refractivity contribution < 1.29 is 33.8 Å². The van der Waals surface area contributed by atoms with Crippen LogP contribution in [-0.2, 0) is 19.2 Å². The fourth-order valence-electron chi connectivity index (χ4n) is 8.14. The number of carbonyl (C=O) groups excluding carboxylic acids is 4. The molecule has 3 fully saturated rings. The van der Waals surface area contributed by atoms with Crippen LogP contribution >= 0.6 is 0 Å². The number of hydrogen-bond donors (Lipinski definition) is 1. The fourth-order valence-corrected chi connectivity index (χ4v) is 8.14. The average molecular weight is 593 g/mol. The Morgan fingerprint density at radius 2 is 1.43 bits per heavy atom. The molecule has 224 valence electrons. The molecule has 0 radical (unpaired) electrons. The van der Waals surface area contributed by atoms with Crippen LogP contribution in [0.25, 0.3) is 0 Å². The molecular weight excluding hydrogens is 560 g/mol. The maximum absolute atomic E-state index is 14.5. The second-order valence-electron chi connectivity index (χ2n) is 12.1. The highest BCUT2D eigenvalue weighted by atomic mass is 16.5. The molecule has 6 atom stereocenters. The molecule has 9 nitrogen and oxygen atoms in total. The van der Waals surface area contributed by atoms with E-state index in [1.807, 2.05) is 18.2 Å². The monoisotopic (exact) mass is 592 g/mol. The van der Waals surface area contributed by atoms with E-state index in [1.165, 1.54) is 30.1 Å². The van der Waals surface area contributed by atoms with Crippen LogP contribution in [0, 0.1) is 29.1 Å². The Bertz CT molecular complexity index is 1740. The number of para-hydroxylation sites is 2. The zero-order valence-corrected chi connectivity index (χ0v) is 24.6. The van der Waals surface area contributed by atoms with Crippen LogP contribution in [0.2, 0.25) is 0 Å². The number of imide groups is 2. The Morgan fingerprint density at radius 1 is 0.795 bits per heavy atom. The third-order valence-electron chi connectivity index (χ3n) is 10.1. The molecule has 0 bridgehead atoms. The van der Waals surface area contributed by atoms with Crippen molar-refractivity contribution in [3.63, 3.8) is 0 Å². The van der Waals surface area contributed by atoms with Gasteiger partial charge in [-0.05, 0) is 49.9 Å². The van der Waals surface area contributed by atoms with Crippen LogP contribution in [0.3, 0.4) is 0 Å². The summed E-state index contributed by atoms with van der Waals surface area (Å²) in [6, 6.07) is 20.7. The quantitative estimate of drug-likeness (QED) is 0.333. The van der Waals surface area contributed by atoms with E-state index in [4.69, 9.17) is 9.47 Å². The minimum absolute atomic E-state index is 0.145. The number of hydrogen-bond acceptors (Lipinski definition) is 7. The molecule has 1 N–H and O–H groups in total. The first-order chi connectivity index (χ1) is 21.2. The zero-order chi connectivity index (χ0) is 30.9. The number of methoxy groups -OCH3 is 2. The van der Waals surface area contributed by atoms with E-state index in [-0.39, 0.29) is 35.8 Å². The second kappa shape index (κ2) is 10.1. The van der Waals surface area contributed by atoms with Crippen molar-refractivity contribution in [2.75, 3.05) is 24.0 Å². The molecule has 44 heavy (non-hydrogen) atoms. The molecule has 7 rings (SSSR count). The summed E-state index contributed by atoms with van der Waals surface area (Å²) in [5.41, 5.74) is 0.762. The van der Waals surface area contributed by atoms with E-state index in [9.17, 15) is 24.3 Å². The van der Waals surface area contributed by atoms with Gasteiger partial charge in [0.15, 0.2) is 0 Å². The Morgan fingerprint density at radius 3 is 2.05 bits per heavy atom. The van der Waals surface area contributed by atoms with Crippen molar-refractivity contribution in [2.24, 2.45) is 29.1 Å². The number of benzene rings is 3. The summed E-state index contributed by atoms with van der Waals surface area (Å²) in [5, 5.41) is 11.5. The van der Waals surface area contributed by atoms with Gasteiger partial charge in [0.1, 0.15) is 17.2 Å². The Kier molecular flexibility index (Phi) is 6.39. The van der Waals surface area contributed by atoms with E-state index < -0.39 is 35.0 Å². The third-order valence-corrected chi connectivity index (χ3v) is 10.1. The van der Waals surface area contributed by atoms with Gasteiger partial charge in [-0.3, -0.25) is 24.1 Å². The standard InChI is InChI=1S/C35H32N2O7/c1-35-25(32(40)37(34(35)42)20-12-8-5-9-13-20)18-24-22(30(35)29-26(38)16-21(43-2)17-27(29)44-3)14-15-23-28(24)33(41)36(31(23)39)19-10-6-4-7-11-19/h4-14,16-17,23-25,28,30,38H,15,18H2,1-3H3/t23-,24+,25-,28-,30+,35+/m0/s1. The van der Waals surface area contributed by atoms with Crippen LogP contribution in [0.1, 0.15) is 31.2 Å². The van der Waals surface area contributed by atoms with Gasteiger partial charge in [-0.25, -0.2) is 4.90 Å². The van der Waals surface area contributed by atoms with Crippen molar-refractivity contribution >= 4 is 35.0 Å². The summed E-state index contributed by atoms with van der Waals surface area (Å²) in [6.45, 7) is 1.77. The maximum atomic E-state index is 14.5. The molecule has 0 spiro atoms. The molecule has 0 unspecified atom stereocenters. The predicted molar refractivity (Wildman–Crippen MR) is 161 cm³/mol. The highest BCUT2D eigenvalue weighted by molar-refractivity contribution is 6.25. The van der Waals surface area contributed by atoms with Crippen molar-refractivity contribution in [1.29, 1.82) is 0 Å². The van der Waals surface area contributed by atoms with Gasteiger partial charge >= 0.3 is 0 Å². The van der Waals surface area contributed by atoms with Gasteiger partial charge in [0.05, 0.1) is 48.8 Å². The van der Waals surface area contributed by atoms with Crippen LogP contribution in [0.15, 0.2) is 84.4 Å². The average Bonchev–Trinajstić information content (AvgIpc) is 3.41.